The largest absolute Gasteiger partial charge is 0.370 e. The fourth-order valence-electron chi connectivity index (χ4n) is 2.94. The number of nitrogens with two attached hydrogens (primary N) is 1. The Morgan fingerprint density at radius 3 is 2.41 bits per heavy atom. The number of rotatable bonds is 6. The number of anilines is 1. The zero-order chi connectivity index (χ0) is 18.6. The molecule has 0 fully saturated rings. The Kier molecular flexibility index (Phi) is 4.80. The highest BCUT2D eigenvalue weighted by Gasteiger charge is 2.12. The summed E-state index contributed by atoms with van der Waals surface area (Å²) < 4.78 is 15.0. The highest BCUT2D eigenvalue weighted by molar-refractivity contribution is 5.70. The second-order valence-corrected chi connectivity index (χ2v) is 6.27. The molecule has 0 saturated heterocycles. The summed E-state index contributed by atoms with van der Waals surface area (Å²) in [7, 11) is 0. The van der Waals surface area contributed by atoms with Crippen molar-refractivity contribution in [2.75, 3.05) is 18.4 Å². The van der Waals surface area contributed by atoms with Gasteiger partial charge in [0, 0.05) is 29.8 Å². The van der Waals surface area contributed by atoms with Gasteiger partial charge in [0.2, 0.25) is 0 Å². The molecule has 2 aromatic carbocycles. The molecular formula is C21H20FN5. The first-order chi connectivity index (χ1) is 13.2. The quantitative estimate of drug-likeness (QED) is 0.510. The second kappa shape index (κ2) is 7.55. The molecule has 2 heterocycles. The molecule has 27 heavy (non-hydrogen) atoms. The first kappa shape index (κ1) is 17.2. The molecule has 0 aliphatic heterocycles. The van der Waals surface area contributed by atoms with Gasteiger partial charge in [0.1, 0.15) is 11.6 Å². The van der Waals surface area contributed by atoms with Crippen LogP contribution in [0.3, 0.4) is 0 Å². The van der Waals surface area contributed by atoms with Crippen molar-refractivity contribution >= 4 is 11.5 Å². The van der Waals surface area contributed by atoms with Gasteiger partial charge in [-0.15, -0.1) is 0 Å². The van der Waals surface area contributed by atoms with E-state index in [2.05, 4.69) is 10.4 Å². The van der Waals surface area contributed by atoms with Crippen LogP contribution in [0, 0.1) is 5.82 Å². The SMILES string of the molecule is NCCCNc1cc(-c2ccccc2)nc2cc(-c3ccc(F)cc3)nn12. The summed E-state index contributed by atoms with van der Waals surface area (Å²) in [6.45, 7) is 1.36. The van der Waals surface area contributed by atoms with Gasteiger partial charge >= 0.3 is 0 Å². The van der Waals surface area contributed by atoms with E-state index in [1.54, 1.807) is 16.6 Å². The van der Waals surface area contributed by atoms with Gasteiger partial charge in [-0.25, -0.2) is 9.37 Å². The minimum absolute atomic E-state index is 0.267. The molecule has 0 aliphatic rings. The van der Waals surface area contributed by atoms with Crippen molar-refractivity contribution in [2.45, 2.75) is 6.42 Å². The van der Waals surface area contributed by atoms with Gasteiger partial charge in [-0.05, 0) is 37.2 Å². The number of nitrogens with one attached hydrogen (secondary N) is 1. The first-order valence-electron chi connectivity index (χ1n) is 8.91. The molecule has 0 radical (unpaired) electrons. The highest BCUT2D eigenvalue weighted by Crippen LogP contribution is 2.26. The molecular weight excluding hydrogens is 341 g/mol. The maximum Gasteiger partial charge on any atom is 0.158 e. The Bertz CT molecular complexity index is 1040. The predicted octanol–water partition coefficient (Wildman–Crippen LogP) is 3.96. The van der Waals surface area contributed by atoms with Gasteiger partial charge in [-0.1, -0.05) is 30.3 Å². The number of nitrogens with zero attached hydrogens (tertiary/aromatic N) is 3. The van der Waals surface area contributed by atoms with Gasteiger partial charge in [0.25, 0.3) is 0 Å². The maximum absolute atomic E-state index is 13.2. The number of fused-ring (bicyclic) bond motifs is 1. The van der Waals surface area contributed by atoms with Crippen LogP contribution in [0.4, 0.5) is 10.2 Å². The monoisotopic (exact) mass is 361 g/mol. The second-order valence-electron chi connectivity index (χ2n) is 6.27. The fraction of sp³-hybridized carbons (Fsp3) is 0.143. The van der Waals surface area contributed by atoms with Crippen LogP contribution in [0.25, 0.3) is 28.2 Å². The van der Waals surface area contributed by atoms with Crippen molar-refractivity contribution in [3.05, 3.63) is 72.5 Å². The minimum Gasteiger partial charge on any atom is -0.370 e. The molecule has 0 amide bonds. The molecule has 2 aromatic heterocycles. The summed E-state index contributed by atoms with van der Waals surface area (Å²) in [5.41, 5.74) is 9.83. The normalized spacial score (nSPS) is 11.0. The van der Waals surface area contributed by atoms with Crippen LogP contribution in [-0.4, -0.2) is 27.7 Å². The van der Waals surface area contributed by atoms with Crippen LogP contribution in [-0.2, 0) is 0 Å². The Morgan fingerprint density at radius 1 is 0.926 bits per heavy atom. The lowest BCUT2D eigenvalue weighted by molar-refractivity contribution is 0.628. The van der Waals surface area contributed by atoms with Crippen molar-refractivity contribution in [3.8, 4) is 22.5 Å². The van der Waals surface area contributed by atoms with Gasteiger partial charge in [-0.2, -0.15) is 9.61 Å². The molecule has 3 N–H and O–H groups in total. The Labute approximate surface area is 156 Å². The van der Waals surface area contributed by atoms with Crippen molar-refractivity contribution < 1.29 is 4.39 Å². The van der Waals surface area contributed by atoms with Gasteiger partial charge in [0.05, 0.1) is 11.4 Å². The summed E-state index contributed by atoms with van der Waals surface area (Å²) in [5.74, 6) is 0.580. The number of hydrogen-bond acceptors (Lipinski definition) is 4. The fourth-order valence-corrected chi connectivity index (χ4v) is 2.94. The number of benzene rings is 2. The van der Waals surface area contributed by atoms with Gasteiger partial charge in [0.15, 0.2) is 5.65 Å². The lowest BCUT2D eigenvalue weighted by Crippen LogP contribution is -2.11. The number of halogens is 1. The molecule has 4 aromatic rings. The summed E-state index contributed by atoms with van der Waals surface area (Å²) in [6.07, 6.45) is 0.858. The maximum atomic E-state index is 13.2. The summed E-state index contributed by atoms with van der Waals surface area (Å²) >= 11 is 0. The van der Waals surface area contributed by atoms with Crippen LogP contribution < -0.4 is 11.1 Å². The molecule has 0 saturated carbocycles. The average molecular weight is 361 g/mol. The highest BCUT2D eigenvalue weighted by atomic mass is 19.1. The smallest absolute Gasteiger partial charge is 0.158 e. The van der Waals surface area contributed by atoms with Crippen LogP contribution in [0.2, 0.25) is 0 Å². The third kappa shape index (κ3) is 3.66. The van der Waals surface area contributed by atoms with Crippen LogP contribution in [0.15, 0.2) is 66.7 Å². The van der Waals surface area contributed by atoms with Crippen molar-refractivity contribution in [3.63, 3.8) is 0 Å². The third-order valence-electron chi connectivity index (χ3n) is 4.32. The van der Waals surface area contributed by atoms with Crippen LogP contribution in [0.1, 0.15) is 6.42 Å². The van der Waals surface area contributed by atoms with Gasteiger partial charge in [-0.3, -0.25) is 0 Å². The van der Waals surface area contributed by atoms with Gasteiger partial charge < -0.3 is 11.1 Å². The molecule has 0 atom stereocenters. The van der Waals surface area contributed by atoms with E-state index in [4.69, 9.17) is 10.7 Å². The van der Waals surface area contributed by atoms with E-state index in [-0.39, 0.29) is 5.82 Å². The molecule has 0 aliphatic carbocycles. The first-order valence-corrected chi connectivity index (χ1v) is 8.91. The summed E-state index contributed by atoms with van der Waals surface area (Å²) in [5, 5.41) is 8.06. The van der Waals surface area contributed by atoms with E-state index in [1.807, 2.05) is 42.5 Å². The molecule has 0 unspecified atom stereocenters. The Hall–Kier alpha value is -3.25. The zero-order valence-corrected chi connectivity index (χ0v) is 14.8. The van der Waals surface area contributed by atoms with E-state index < -0.39 is 0 Å². The van der Waals surface area contributed by atoms with E-state index in [1.165, 1.54) is 12.1 Å². The predicted molar refractivity (Wildman–Crippen MR) is 106 cm³/mol. The van der Waals surface area contributed by atoms with E-state index in [9.17, 15) is 4.39 Å². The van der Waals surface area contributed by atoms with Crippen LogP contribution in [0.5, 0.6) is 0 Å². The molecule has 0 bridgehead atoms. The standard InChI is InChI=1S/C21H20FN5/c22-17-9-7-16(8-10-17)19-14-21-25-18(15-5-2-1-3-6-15)13-20(27(21)26-19)24-12-4-11-23/h1-3,5-10,13-14,24H,4,11-12,23H2. The molecule has 5 nitrogen and oxygen atoms in total. The number of hydrogen-bond donors (Lipinski definition) is 2. The zero-order valence-electron chi connectivity index (χ0n) is 14.8. The topological polar surface area (TPSA) is 68.2 Å². The van der Waals surface area contributed by atoms with E-state index in [0.717, 1.165) is 46.9 Å². The minimum atomic E-state index is -0.267. The average Bonchev–Trinajstić information content (AvgIpc) is 3.14. The lowest BCUT2D eigenvalue weighted by atomic mass is 10.1. The van der Waals surface area contributed by atoms with Crippen molar-refractivity contribution in [1.29, 1.82) is 0 Å². The summed E-state index contributed by atoms with van der Waals surface area (Å²) in [6, 6.07) is 20.2. The molecule has 136 valence electrons. The summed E-state index contributed by atoms with van der Waals surface area (Å²) in [4.78, 5) is 4.76. The van der Waals surface area contributed by atoms with Crippen molar-refractivity contribution in [2.24, 2.45) is 5.73 Å². The molecule has 6 heteroatoms. The molecule has 4 rings (SSSR count). The van der Waals surface area contributed by atoms with E-state index in [0.29, 0.717) is 6.54 Å². The van der Waals surface area contributed by atoms with Crippen molar-refractivity contribution in [1.82, 2.24) is 14.6 Å². The Balaban J connectivity index is 1.81. The lowest BCUT2D eigenvalue weighted by Gasteiger charge is -2.10. The van der Waals surface area contributed by atoms with Crippen LogP contribution >= 0.6 is 0 Å². The number of aromatic nitrogens is 3. The third-order valence-corrected chi connectivity index (χ3v) is 4.32. The Morgan fingerprint density at radius 2 is 1.67 bits per heavy atom. The van der Waals surface area contributed by atoms with E-state index >= 15 is 0 Å². The molecule has 0 spiro atoms.